The van der Waals surface area contributed by atoms with Gasteiger partial charge in [0.05, 0.1) is 25.7 Å². The molecule has 0 saturated carbocycles. The van der Waals surface area contributed by atoms with Crippen LogP contribution in [-0.2, 0) is 47.5 Å². The minimum atomic E-state index is -3.87. The third kappa shape index (κ3) is 6.37. The highest BCUT2D eigenvalue weighted by molar-refractivity contribution is 7.86. The molecule has 10 nitrogen and oxygen atoms in total. The third-order valence-corrected chi connectivity index (χ3v) is 4.81. The minimum Gasteiger partial charge on any atom is -0.348 e. The van der Waals surface area contributed by atoms with Crippen molar-refractivity contribution in [2.24, 2.45) is 0 Å². The summed E-state index contributed by atoms with van der Waals surface area (Å²) in [6.07, 6.45) is -1.90. The lowest BCUT2D eigenvalue weighted by molar-refractivity contribution is -0.174. The Morgan fingerprint density at radius 1 is 0.962 bits per heavy atom. The summed E-state index contributed by atoms with van der Waals surface area (Å²) in [5.74, 6) is -2.01. The molecular weight excluding hydrogens is 392 g/mol. The van der Waals surface area contributed by atoms with Gasteiger partial charge in [0.25, 0.3) is 20.2 Å². The van der Waals surface area contributed by atoms with Crippen LogP contribution in [0.5, 0.6) is 0 Å². The van der Waals surface area contributed by atoms with E-state index in [-0.39, 0.29) is 13.2 Å². The molecule has 2 rings (SSSR count). The molecule has 2 aliphatic heterocycles. The van der Waals surface area contributed by atoms with Crippen LogP contribution in [0.1, 0.15) is 27.7 Å². The van der Waals surface area contributed by atoms with Crippen LogP contribution in [-0.4, -0.2) is 78.6 Å². The summed E-state index contributed by atoms with van der Waals surface area (Å²) < 4.78 is 78.8. The van der Waals surface area contributed by atoms with Gasteiger partial charge in [0.15, 0.2) is 11.6 Å². The third-order valence-electron chi connectivity index (χ3n) is 3.67. The zero-order valence-electron chi connectivity index (χ0n) is 15.6. The number of hydrogen-bond donors (Lipinski definition) is 0. The van der Waals surface area contributed by atoms with Crippen LogP contribution in [0.15, 0.2) is 0 Å². The summed E-state index contributed by atoms with van der Waals surface area (Å²) in [7, 11) is -7.59. The molecule has 12 heteroatoms. The van der Waals surface area contributed by atoms with Crippen LogP contribution in [0.25, 0.3) is 0 Å². The molecule has 4 atom stereocenters. The van der Waals surface area contributed by atoms with E-state index in [2.05, 4.69) is 0 Å². The summed E-state index contributed by atoms with van der Waals surface area (Å²) in [4.78, 5) is 0. The average molecular weight is 418 g/mol. The monoisotopic (exact) mass is 418 g/mol. The standard InChI is InChI=1S/C14H26O10S2/c1-13(2)19-7-9(21-13)12(24-26(6,17)18)11-10(8-20-25(5,15)16)22-14(3,4)23-11/h9-12H,7-8H2,1-6H3/t9?,10-,11?,12-/m0/s1. The molecule has 2 fully saturated rings. The molecule has 0 aromatic carbocycles. The van der Waals surface area contributed by atoms with Gasteiger partial charge in [0, 0.05) is 0 Å². The Bertz CT molecular complexity index is 712. The first-order valence-electron chi connectivity index (χ1n) is 7.97. The Kier molecular flexibility index (Phi) is 6.12. The van der Waals surface area contributed by atoms with Crippen LogP contribution in [0.2, 0.25) is 0 Å². The molecule has 0 spiro atoms. The molecule has 2 saturated heterocycles. The lowest BCUT2D eigenvalue weighted by Gasteiger charge is -2.29. The van der Waals surface area contributed by atoms with Gasteiger partial charge < -0.3 is 18.9 Å². The lowest BCUT2D eigenvalue weighted by Crippen LogP contribution is -2.48. The van der Waals surface area contributed by atoms with Crippen molar-refractivity contribution in [3.05, 3.63) is 0 Å². The van der Waals surface area contributed by atoms with Gasteiger partial charge in [0.1, 0.15) is 24.4 Å². The molecule has 0 aromatic heterocycles. The average Bonchev–Trinajstić information content (AvgIpc) is 2.91. The largest absolute Gasteiger partial charge is 0.348 e. The van der Waals surface area contributed by atoms with Gasteiger partial charge in [-0.05, 0) is 27.7 Å². The van der Waals surface area contributed by atoms with Crippen LogP contribution >= 0.6 is 0 Å². The van der Waals surface area contributed by atoms with Crippen molar-refractivity contribution in [1.29, 1.82) is 0 Å². The van der Waals surface area contributed by atoms with E-state index in [0.29, 0.717) is 0 Å². The molecular formula is C14H26O10S2. The van der Waals surface area contributed by atoms with E-state index in [9.17, 15) is 16.8 Å². The number of hydrogen-bond acceptors (Lipinski definition) is 10. The first-order chi connectivity index (χ1) is 11.6. The lowest BCUT2D eigenvalue weighted by atomic mass is 10.0. The number of rotatable bonds is 7. The summed E-state index contributed by atoms with van der Waals surface area (Å²) in [5.41, 5.74) is 0. The molecule has 26 heavy (non-hydrogen) atoms. The molecule has 2 unspecified atom stereocenters. The predicted octanol–water partition coefficient (Wildman–Crippen LogP) is -0.0210. The molecule has 0 radical (unpaired) electrons. The highest BCUT2D eigenvalue weighted by Crippen LogP contribution is 2.36. The van der Waals surface area contributed by atoms with Gasteiger partial charge in [-0.3, -0.25) is 8.37 Å². The van der Waals surface area contributed by atoms with Crippen molar-refractivity contribution in [2.75, 3.05) is 25.7 Å². The normalized spacial score (nSPS) is 32.6. The predicted molar refractivity (Wildman–Crippen MR) is 89.2 cm³/mol. The van der Waals surface area contributed by atoms with Gasteiger partial charge in [-0.15, -0.1) is 0 Å². The van der Waals surface area contributed by atoms with Gasteiger partial charge in [-0.25, -0.2) is 0 Å². The van der Waals surface area contributed by atoms with Gasteiger partial charge >= 0.3 is 0 Å². The molecule has 154 valence electrons. The molecule has 0 N–H and O–H groups in total. The quantitative estimate of drug-likeness (QED) is 0.521. The van der Waals surface area contributed by atoms with E-state index < -0.39 is 56.2 Å². The van der Waals surface area contributed by atoms with E-state index in [0.717, 1.165) is 12.5 Å². The Labute approximate surface area is 154 Å². The van der Waals surface area contributed by atoms with E-state index in [1.165, 1.54) is 0 Å². The summed E-state index contributed by atoms with van der Waals surface area (Å²) >= 11 is 0. The summed E-state index contributed by atoms with van der Waals surface area (Å²) in [6, 6.07) is 0. The van der Waals surface area contributed by atoms with Crippen molar-refractivity contribution < 1.29 is 44.1 Å². The Hall–Kier alpha value is -0.340. The first kappa shape index (κ1) is 22.0. The maximum atomic E-state index is 11.8. The SMILES string of the molecule is CC1(C)OCC([C@H](OS(C)(=O)=O)C2OC(C)(C)O[C@H]2COS(C)(=O)=O)O1. The molecule has 0 bridgehead atoms. The Morgan fingerprint density at radius 3 is 2.04 bits per heavy atom. The second-order valence-corrected chi connectivity index (χ2v) is 10.5. The Balaban J connectivity index is 2.27. The maximum Gasteiger partial charge on any atom is 0.264 e. The van der Waals surface area contributed by atoms with E-state index in [1.54, 1.807) is 27.7 Å². The highest BCUT2D eigenvalue weighted by atomic mass is 32.2. The zero-order valence-corrected chi connectivity index (χ0v) is 17.3. The van der Waals surface area contributed by atoms with Crippen molar-refractivity contribution in [3.8, 4) is 0 Å². The van der Waals surface area contributed by atoms with Crippen molar-refractivity contribution in [1.82, 2.24) is 0 Å². The molecule has 0 aliphatic carbocycles. The van der Waals surface area contributed by atoms with Crippen LogP contribution in [0.3, 0.4) is 0 Å². The van der Waals surface area contributed by atoms with Crippen molar-refractivity contribution >= 4 is 20.2 Å². The highest BCUT2D eigenvalue weighted by Gasteiger charge is 2.52. The van der Waals surface area contributed by atoms with Crippen LogP contribution < -0.4 is 0 Å². The first-order valence-corrected chi connectivity index (χ1v) is 11.6. The smallest absolute Gasteiger partial charge is 0.264 e. The fraction of sp³-hybridized carbons (Fsp3) is 1.00. The van der Waals surface area contributed by atoms with E-state index in [1.807, 2.05) is 0 Å². The van der Waals surface area contributed by atoms with E-state index in [4.69, 9.17) is 27.3 Å². The number of ether oxygens (including phenoxy) is 4. The fourth-order valence-corrected chi connectivity index (χ4v) is 3.89. The van der Waals surface area contributed by atoms with Crippen LogP contribution in [0, 0.1) is 0 Å². The van der Waals surface area contributed by atoms with Gasteiger partial charge in [0.2, 0.25) is 0 Å². The second-order valence-electron chi connectivity index (χ2n) is 7.26. The molecule has 2 aliphatic rings. The second kappa shape index (κ2) is 7.24. The summed E-state index contributed by atoms with van der Waals surface area (Å²) in [5, 5.41) is 0. The maximum absolute atomic E-state index is 11.8. The zero-order chi connectivity index (χ0) is 20.0. The molecule has 2 heterocycles. The topological polar surface area (TPSA) is 124 Å². The van der Waals surface area contributed by atoms with Gasteiger partial charge in [-0.2, -0.15) is 16.8 Å². The minimum absolute atomic E-state index is 0.0765. The fourth-order valence-electron chi connectivity index (χ4n) is 2.87. The van der Waals surface area contributed by atoms with Crippen molar-refractivity contribution in [2.45, 2.75) is 63.7 Å². The molecule has 0 amide bonds. The molecule has 0 aromatic rings. The summed E-state index contributed by atoms with van der Waals surface area (Å²) in [6.45, 7) is 6.33. The van der Waals surface area contributed by atoms with Gasteiger partial charge in [-0.1, -0.05) is 0 Å². The van der Waals surface area contributed by atoms with Crippen molar-refractivity contribution in [3.63, 3.8) is 0 Å². The Morgan fingerprint density at radius 2 is 1.58 bits per heavy atom. The van der Waals surface area contributed by atoms with Crippen LogP contribution in [0.4, 0.5) is 0 Å². The van der Waals surface area contributed by atoms with E-state index >= 15 is 0 Å².